The van der Waals surface area contributed by atoms with Gasteiger partial charge in [0.2, 0.25) is 10.0 Å². The van der Waals surface area contributed by atoms with Crippen LogP contribution in [0.1, 0.15) is 48.5 Å². The summed E-state index contributed by atoms with van der Waals surface area (Å²) in [5, 5.41) is 12.0. The first kappa shape index (κ1) is 30.4. The third-order valence-corrected chi connectivity index (χ3v) is 8.28. The summed E-state index contributed by atoms with van der Waals surface area (Å²) in [5.41, 5.74) is 0.729. The number of nitrogens with one attached hydrogen (secondary N) is 1. The zero-order chi connectivity index (χ0) is 25.8. The van der Waals surface area contributed by atoms with Gasteiger partial charge in [-0.3, -0.25) is 4.79 Å². The van der Waals surface area contributed by atoms with E-state index in [1.54, 1.807) is 6.92 Å². The summed E-state index contributed by atoms with van der Waals surface area (Å²) in [6.07, 6.45) is -3.71. The highest BCUT2D eigenvalue weighted by molar-refractivity contribution is 7.89. The molecule has 1 amide bonds. The molecule has 0 heterocycles. The summed E-state index contributed by atoms with van der Waals surface area (Å²) in [7, 11) is -4.29. The van der Waals surface area contributed by atoms with E-state index in [2.05, 4.69) is 5.32 Å². The van der Waals surface area contributed by atoms with E-state index in [1.807, 2.05) is 0 Å². The van der Waals surface area contributed by atoms with E-state index in [9.17, 15) is 26.4 Å². The van der Waals surface area contributed by atoms with Gasteiger partial charge in [0.05, 0.1) is 17.4 Å². The van der Waals surface area contributed by atoms with Crippen molar-refractivity contribution in [1.82, 2.24) is 9.62 Å². The highest BCUT2D eigenvalue weighted by Gasteiger charge is 2.50. The minimum atomic E-state index is -4.54. The molecule has 0 bridgehead atoms. The van der Waals surface area contributed by atoms with Crippen molar-refractivity contribution in [3.63, 3.8) is 0 Å². The number of hydrogen-bond acceptors (Lipinski definition) is 4. The molecule has 1 saturated carbocycles. The maximum absolute atomic E-state index is 13.9. The van der Waals surface area contributed by atoms with Crippen LogP contribution in [0.2, 0.25) is 5.02 Å². The number of nitrogens with zero attached hydrogens (tertiary/aromatic N) is 1. The van der Waals surface area contributed by atoms with Gasteiger partial charge in [-0.25, -0.2) is 8.42 Å². The van der Waals surface area contributed by atoms with E-state index in [4.69, 9.17) is 16.7 Å². The summed E-state index contributed by atoms with van der Waals surface area (Å²) in [4.78, 5) is 12.1. The third-order valence-electron chi connectivity index (χ3n) is 6.15. The lowest BCUT2D eigenvalue weighted by molar-refractivity contribution is -0.194. The SMILES string of the molecule is C[C@@H](CO)NC(=O)c1ccc(CN(C2CCCCC2C(F)(F)F)S(=O)(=O)c2ccc(Cl)cc2)cc1.S. The van der Waals surface area contributed by atoms with E-state index in [-0.39, 0.29) is 49.9 Å². The lowest BCUT2D eigenvalue weighted by atomic mass is 9.84. The lowest BCUT2D eigenvalue weighted by Gasteiger charge is -2.40. The number of amides is 1. The first-order valence-corrected chi connectivity index (χ1v) is 13.1. The minimum absolute atomic E-state index is 0. The Hall–Kier alpha value is -1.79. The van der Waals surface area contributed by atoms with Crippen molar-refractivity contribution < 1.29 is 31.5 Å². The van der Waals surface area contributed by atoms with Crippen LogP contribution in [0.5, 0.6) is 0 Å². The van der Waals surface area contributed by atoms with Crippen LogP contribution in [0.25, 0.3) is 0 Å². The molecule has 2 aromatic carbocycles. The Labute approximate surface area is 221 Å². The summed E-state index contributed by atoms with van der Waals surface area (Å²) < 4.78 is 69.8. The fourth-order valence-electron chi connectivity index (χ4n) is 4.25. The molecular formula is C24H30ClF3N2O4S2. The number of halogens is 4. The summed E-state index contributed by atoms with van der Waals surface area (Å²) >= 11 is 5.88. The fourth-order valence-corrected chi connectivity index (χ4v) is 6.06. The Balaban J connectivity index is 0.00000456. The standard InChI is InChI=1S/C24H28ClF3N2O4S.H2S/c1-16(15-31)29-23(32)18-8-6-17(7-9-18)14-30(22-5-3-2-4-21(22)24(26,27)28)35(33,34)20-12-10-19(25)11-13-20;/h6-13,16,21-22,31H,2-5,14-15H2,1H3,(H,29,32);1H2/t16-,21?,22?;/m0./s1. The molecule has 3 atom stereocenters. The number of hydrogen-bond donors (Lipinski definition) is 2. The largest absolute Gasteiger partial charge is 0.394 e. The summed E-state index contributed by atoms with van der Waals surface area (Å²) in [5.74, 6) is -2.20. The Bertz CT molecular complexity index is 1110. The molecule has 1 fully saturated rings. The molecule has 2 unspecified atom stereocenters. The highest BCUT2D eigenvalue weighted by atomic mass is 35.5. The predicted molar refractivity (Wildman–Crippen MR) is 137 cm³/mol. The molecule has 0 saturated heterocycles. The number of carbonyl (C=O) groups excluding carboxylic acids is 1. The second kappa shape index (κ2) is 12.6. The van der Waals surface area contributed by atoms with Gasteiger partial charge in [0.1, 0.15) is 0 Å². The van der Waals surface area contributed by atoms with Gasteiger partial charge in [-0.1, -0.05) is 36.6 Å². The third kappa shape index (κ3) is 7.38. The smallest absolute Gasteiger partial charge is 0.393 e. The molecule has 0 radical (unpaired) electrons. The molecule has 1 aliphatic rings. The van der Waals surface area contributed by atoms with Crippen molar-refractivity contribution in [2.75, 3.05) is 6.61 Å². The zero-order valence-electron chi connectivity index (χ0n) is 19.6. The summed E-state index contributed by atoms with van der Waals surface area (Å²) in [6.45, 7) is 1.12. The topological polar surface area (TPSA) is 86.7 Å². The number of carbonyl (C=O) groups is 1. The molecule has 2 N–H and O–H groups in total. The molecule has 0 spiro atoms. The predicted octanol–water partition coefficient (Wildman–Crippen LogP) is 4.88. The van der Waals surface area contributed by atoms with Gasteiger partial charge in [-0.05, 0) is 61.7 Å². The van der Waals surface area contributed by atoms with Crippen molar-refractivity contribution in [2.24, 2.45) is 5.92 Å². The van der Waals surface area contributed by atoms with Crippen molar-refractivity contribution in [1.29, 1.82) is 0 Å². The molecule has 0 aliphatic heterocycles. The Kier molecular flexibility index (Phi) is 10.7. The van der Waals surface area contributed by atoms with Crippen LogP contribution in [-0.2, 0) is 16.6 Å². The molecular weight excluding hydrogens is 537 g/mol. The van der Waals surface area contributed by atoms with Crippen LogP contribution >= 0.6 is 25.1 Å². The highest BCUT2D eigenvalue weighted by Crippen LogP contribution is 2.42. The number of aliphatic hydroxyl groups excluding tert-OH is 1. The number of sulfonamides is 1. The van der Waals surface area contributed by atoms with Crippen molar-refractivity contribution >= 4 is 41.0 Å². The monoisotopic (exact) mass is 566 g/mol. The van der Waals surface area contributed by atoms with Crippen LogP contribution in [0, 0.1) is 5.92 Å². The molecule has 200 valence electrons. The normalized spacial score (nSPS) is 19.4. The van der Waals surface area contributed by atoms with Gasteiger partial charge in [0.25, 0.3) is 5.91 Å². The van der Waals surface area contributed by atoms with E-state index in [0.29, 0.717) is 23.4 Å². The van der Waals surface area contributed by atoms with Gasteiger partial charge in [0.15, 0.2) is 0 Å². The Morgan fingerprint density at radius 2 is 1.69 bits per heavy atom. The van der Waals surface area contributed by atoms with Gasteiger partial charge in [-0.15, -0.1) is 0 Å². The van der Waals surface area contributed by atoms with Crippen molar-refractivity contribution in [3.8, 4) is 0 Å². The maximum Gasteiger partial charge on any atom is 0.393 e. The van der Waals surface area contributed by atoms with E-state index in [1.165, 1.54) is 48.5 Å². The minimum Gasteiger partial charge on any atom is -0.394 e. The molecule has 2 aromatic rings. The Morgan fingerprint density at radius 1 is 1.11 bits per heavy atom. The van der Waals surface area contributed by atoms with Crippen LogP contribution in [0.15, 0.2) is 53.4 Å². The quantitative estimate of drug-likeness (QED) is 0.477. The van der Waals surface area contributed by atoms with Crippen molar-refractivity contribution in [2.45, 2.75) is 62.3 Å². The average Bonchev–Trinajstić information content (AvgIpc) is 2.82. The first-order chi connectivity index (χ1) is 16.4. The molecule has 6 nitrogen and oxygen atoms in total. The number of aliphatic hydroxyl groups is 1. The first-order valence-electron chi connectivity index (χ1n) is 11.3. The lowest BCUT2D eigenvalue weighted by Crippen LogP contribution is -2.49. The fraction of sp³-hybridized carbons (Fsp3) is 0.458. The van der Waals surface area contributed by atoms with Crippen LogP contribution in [0.3, 0.4) is 0 Å². The van der Waals surface area contributed by atoms with Crippen LogP contribution in [0.4, 0.5) is 13.2 Å². The van der Waals surface area contributed by atoms with E-state index < -0.39 is 40.1 Å². The van der Waals surface area contributed by atoms with Crippen molar-refractivity contribution in [3.05, 3.63) is 64.7 Å². The second-order valence-electron chi connectivity index (χ2n) is 8.76. The molecule has 1 aliphatic carbocycles. The average molecular weight is 567 g/mol. The molecule has 36 heavy (non-hydrogen) atoms. The maximum atomic E-state index is 13.9. The Morgan fingerprint density at radius 3 is 2.25 bits per heavy atom. The second-order valence-corrected chi connectivity index (χ2v) is 11.1. The molecule has 12 heteroatoms. The van der Waals surface area contributed by atoms with Crippen LogP contribution in [-0.4, -0.2) is 48.6 Å². The number of alkyl halides is 3. The van der Waals surface area contributed by atoms with Gasteiger partial charge < -0.3 is 10.4 Å². The molecule has 0 aromatic heterocycles. The van der Waals surface area contributed by atoms with E-state index >= 15 is 0 Å². The van der Waals surface area contributed by atoms with Crippen LogP contribution < -0.4 is 5.32 Å². The molecule has 3 rings (SSSR count). The van der Waals surface area contributed by atoms with E-state index in [0.717, 1.165) is 4.31 Å². The summed E-state index contributed by atoms with van der Waals surface area (Å²) in [6, 6.07) is 9.63. The zero-order valence-corrected chi connectivity index (χ0v) is 22.2. The number of benzene rings is 2. The number of rotatable bonds is 8. The van der Waals surface area contributed by atoms with Gasteiger partial charge >= 0.3 is 6.18 Å². The van der Waals surface area contributed by atoms with Gasteiger partial charge in [-0.2, -0.15) is 31.0 Å². The van der Waals surface area contributed by atoms with Gasteiger partial charge in [0, 0.05) is 29.2 Å².